The first-order valence-corrected chi connectivity index (χ1v) is 5.30. The van der Waals surface area contributed by atoms with Gasteiger partial charge >= 0.3 is 5.97 Å². The van der Waals surface area contributed by atoms with Crippen molar-refractivity contribution in [1.82, 2.24) is 0 Å². The maximum Gasteiger partial charge on any atom is 0.337 e. The van der Waals surface area contributed by atoms with Crippen molar-refractivity contribution in [2.45, 2.75) is 20.3 Å². The van der Waals surface area contributed by atoms with Gasteiger partial charge in [-0.15, -0.1) is 0 Å². The number of benzene rings is 1. The van der Waals surface area contributed by atoms with E-state index in [1.807, 2.05) is 0 Å². The van der Waals surface area contributed by atoms with Gasteiger partial charge in [0.25, 0.3) is 0 Å². The molecule has 1 aromatic rings. The van der Waals surface area contributed by atoms with Crippen LogP contribution in [0.5, 0.6) is 5.75 Å². The standard InChI is InChI=1S/C12H17NO3/c1-3-8(2)7-16-9-4-5-11(13)10(6-9)12(14)15/h4-6,8H,3,7,13H2,1-2H3,(H,14,15). The Morgan fingerprint density at radius 1 is 1.56 bits per heavy atom. The van der Waals surface area contributed by atoms with Crippen LogP contribution in [0.1, 0.15) is 30.6 Å². The van der Waals surface area contributed by atoms with Crippen molar-refractivity contribution >= 4 is 11.7 Å². The van der Waals surface area contributed by atoms with Gasteiger partial charge in [0.1, 0.15) is 5.75 Å². The molecule has 16 heavy (non-hydrogen) atoms. The molecule has 4 heteroatoms. The Hall–Kier alpha value is -1.71. The van der Waals surface area contributed by atoms with Crippen molar-refractivity contribution in [2.75, 3.05) is 12.3 Å². The molecule has 1 atom stereocenters. The summed E-state index contributed by atoms with van der Waals surface area (Å²) in [7, 11) is 0. The summed E-state index contributed by atoms with van der Waals surface area (Å²) in [4.78, 5) is 10.8. The average molecular weight is 223 g/mol. The summed E-state index contributed by atoms with van der Waals surface area (Å²) in [5, 5.41) is 8.88. The summed E-state index contributed by atoms with van der Waals surface area (Å²) in [5.41, 5.74) is 5.87. The van der Waals surface area contributed by atoms with Crippen LogP contribution < -0.4 is 10.5 Å². The van der Waals surface area contributed by atoms with E-state index in [4.69, 9.17) is 15.6 Å². The number of hydrogen-bond acceptors (Lipinski definition) is 3. The molecule has 4 nitrogen and oxygen atoms in total. The zero-order valence-corrected chi connectivity index (χ0v) is 9.56. The van der Waals surface area contributed by atoms with E-state index < -0.39 is 5.97 Å². The number of anilines is 1. The van der Waals surface area contributed by atoms with Crippen LogP contribution in [0, 0.1) is 5.92 Å². The summed E-state index contributed by atoms with van der Waals surface area (Å²) < 4.78 is 5.49. The van der Waals surface area contributed by atoms with E-state index in [0.717, 1.165) is 6.42 Å². The normalized spacial score (nSPS) is 12.1. The van der Waals surface area contributed by atoms with Crippen LogP contribution in [0.2, 0.25) is 0 Å². The Bertz CT molecular complexity index is 377. The Kier molecular flexibility index (Phi) is 4.17. The average Bonchev–Trinajstić information content (AvgIpc) is 2.27. The van der Waals surface area contributed by atoms with Crippen molar-refractivity contribution in [3.63, 3.8) is 0 Å². The molecule has 3 N–H and O–H groups in total. The van der Waals surface area contributed by atoms with Gasteiger partial charge in [0.15, 0.2) is 0 Å². The van der Waals surface area contributed by atoms with Gasteiger partial charge in [0.05, 0.1) is 12.2 Å². The zero-order valence-electron chi connectivity index (χ0n) is 9.56. The quantitative estimate of drug-likeness (QED) is 0.752. The number of rotatable bonds is 5. The lowest BCUT2D eigenvalue weighted by Gasteiger charge is -2.11. The fourth-order valence-electron chi connectivity index (χ4n) is 1.17. The van der Waals surface area contributed by atoms with Crippen LogP contribution in [0.15, 0.2) is 18.2 Å². The molecule has 0 spiro atoms. The monoisotopic (exact) mass is 223 g/mol. The summed E-state index contributed by atoms with van der Waals surface area (Å²) >= 11 is 0. The number of carbonyl (C=O) groups is 1. The van der Waals surface area contributed by atoms with Gasteiger partial charge in [0, 0.05) is 5.69 Å². The Morgan fingerprint density at radius 3 is 2.81 bits per heavy atom. The lowest BCUT2D eigenvalue weighted by Crippen LogP contribution is -2.08. The molecule has 0 aromatic heterocycles. The van der Waals surface area contributed by atoms with Crippen LogP contribution >= 0.6 is 0 Å². The Labute approximate surface area is 95.0 Å². The fourth-order valence-corrected chi connectivity index (χ4v) is 1.17. The van der Waals surface area contributed by atoms with Crippen LogP contribution in [-0.4, -0.2) is 17.7 Å². The van der Waals surface area contributed by atoms with Crippen molar-refractivity contribution < 1.29 is 14.6 Å². The molecule has 0 bridgehead atoms. The minimum Gasteiger partial charge on any atom is -0.493 e. The number of carboxylic acid groups (broad SMARTS) is 1. The molecule has 0 heterocycles. The Balaban J connectivity index is 2.75. The van der Waals surface area contributed by atoms with E-state index >= 15 is 0 Å². The van der Waals surface area contributed by atoms with Crippen LogP contribution in [0.3, 0.4) is 0 Å². The van der Waals surface area contributed by atoms with E-state index in [1.165, 1.54) is 6.07 Å². The third-order valence-electron chi connectivity index (χ3n) is 2.49. The van der Waals surface area contributed by atoms with Gasteiger partial charge in [-0.25, -0.2) is 4.79 Å². The first kappa shape index (κ1) is 12.4. The zero-order chi connectivity index (χ0) is 12.1. The minimum atomic E-state index is -1.04. The minimum absolute atomic E-state index is 0.0849. The molecule has 1 rings (SSSR count). The van der Waals surface area contributed by atoms with E-state index in [0.29, 0.717) is 18.3 Å². The van der Waals surface area contributed by atoms with Crippen molar-refractivity contribution in [1.29, 1.82) is 0 Å². The predicted octanol–water partition coefficient (Wildman–Crippen LogP) is 2.39. The molecule has 0 radical (unpaired) electrons. The van der Waals surface area contributed by atoms with Crippen LogP contribution in [0.25, 0.3) is 0 Å². The van der Waals surface area contributed by atoms with Crippen molar-refractivity contribution in [2.24, 2.45) is 5.92 Å². The topological polar surface area (TPSA) is 72.5 Å². The molecular formula is C12H17NO3. The lowest BCUT2D eigenvalue weighted by molar-refractivity contribution is 0.0697. The van der Waals surface area contributed by atoms with Crippen molar-refractivity contribution in [3.05, 3.63) is 23.8 Å². The summed E-state index contributed by atoms with van der Waals surface area (Å²) in [5.74, 6) is -0.0378. The van der Waals surface area contributed by atoms with E-state index in [2.05, 4.69) is 13.8 Å². The molecule has 88 valence electrons. The first-order chi connectivity index (χ1) is 7.54. The van der Waals surface area contributed by atoms with Gasteiger partial charge in [-0.3, -0.25) is 0 Å². The van der Waals surface area contributed by atoms with E-state index in [9.17, 15) is 4.79 Å². The maximum atomic E-state index is 10.8. The second-order valence-electron chi connectivity index (χ2n) is 3.88. The molecule has 0 amide bonds. The maximum absolute atomic E-state index is 10.8. The summed E-state index contributed by atoms with van der Waals surface area (Å²) in [6, 6.07) is 4.69. The smallest absolute Gasteiger partial charge is 0.337 e. The number of aromatic carboxylic acids is 1. The highest BCUT2D eigenvalue weighted by Crippen LogP contribution is 2.20. The Morgan fingerprint density at radius 2 is 2.25 bits per heavy atom. The molecule has 0 aliphatic heterocycles. The second-order valence-corrected chi connectivity index (χ2v) is 3.88. The lowest BCUT2D eigenvalue weighted by atomic mass is 10.1. The molecular weight excluding hydrogens is 206 g/mol. The second kappa shape index (κ2) is 5.39. The predicted molar refractivity (Wildman–Crippen MR) is 62.8 cm³/mol. The van der Waals surface area contributed by atoms with Gasteiger partial charge in [-0.05, 0) is 24.1 Å². The number of hydrogen-bond donors (Lipinski definition) is 2. The first-order valence-electron chi connectivity index (χ1n) is 5.30. The van der Waals surface area contributed by atoms with Gasteiger partial charge in [-0.1, -0.05) is 20.3 Å². The van der Waals surface area contributed by atoms with E-state index in [1.54, 1.807) is 12.1 Å². The molecule has 0 aliphatic rings. The molecule has 0 aliphatic carbocycles. The largest absolute Gasteiger partial charge is 0.493 e. The molecule has 0 saturated carbocycles. The SMILES string of the molecule is CCC(C)COc1ccc(N)c(C(=O)O)c1. The van der Waals surface area contributed by atoms with Gasteiger partial charge in [0.2, 0.25) is 0 Å². The number of carboxylic acids is 1. The van der Waals surface area contributed by atoms with Crippen LogP contribution in [-0.2, 0) is 0 Å². The highest BCUT2D eigenvalue weighted by atomic mass is 16.5. The molecule has 0 fully saturated rings. The number of nitrogens with two attached hydrogens (primary N) is 1. The summed E-state index contributed by atoms with van der Waals surface area (Å²) in [6.45, 7) is 4.74. The highest BCUT2D eigenvalue weighted by Gasteiger charge is 2.09. The van der Waals surface area contributed by atoms with Crippen LogP contribution in [0.4, 0.5) is 5.69 Å². The summed E-state index contributed by atoms with van der Waals surface area (Å²) in [6.07, 6.45) is 1.03. The third-order valence-corrected chi connectivity index (χ3v) is 2.49. The molecule has 0 saturated heterocycles. The third kappa shape index (κ3) is 3.15. The highest BCUT2D eigenvalue weighted by molar-refractivity contribution is 5.94. The van der Waals surface area contributed by atoms with Crippen molar-refractivity contribution in [3.8, 4) is 5.75 Å². The van der Waals surface area contributed by atoms with Gasteiger partial charge in [-0.2, -0.15) is 0 Å². The molecule has 1 aromatic carbocycles. The number of ether oxygens (including phenoxy) is 1. The van der Waals surface area contributed by atoms with Gasteiger partial charge < -0.3 is 15.6 Å². The number of nitrogen functional groups attached to an aromatic ring is 1. The van der Waals surface area contributed by atoms with E-state index in [-0.39, 0.29) is 11.3 Å². The fraction of sp³-hybridized carbons (Fsp3) is 0.417. The molecule has 1 unspecified atom stereocenters.